The fourth-order valence-electron chi connectivity index (χ4n) is 2.66. The van der Waals surface area contributed by atoms with Crippen molar-refractivity contribution in [2.75, 3.05) is 18.1 Å². The topological polar surface area (TPSA) is 87.7 Å². The lowest BCUT2D eigenvalue weighted by atomic mass is 10.1. The first kappa shape index (κ1) is 23.4. The van der Waals surface area contributed by atoms with Gasteiger partial charge in [0.25, 0.3) is 5.91 Å². The Morgan fingerprint density at radius 2 is 1.87 bits per heavy atom. The molecule has 1 heterocycles. The summed E-state index contributed by atoms with van der Waals surface area (Å²) in [6, 6.07) is 5.41. The van der Waals surface area contributed by atoms with E-state index in [1.165, 1.54) is 4.90 Å². The minimum absolute atomic E-state index is 0.244. The first-order valence-electron chi connectivity index (χ1n) is 8.94. The Hall–Kier alpha value is -2.92. The van der Waals surface area contributed by atoms with Crippen LogP contribution in [0.5, 0.6) is 5.75 Å². The van der Waals surface area contributed by atoms with Crippen LogP contribution < -0.4 is 20.3 Å². The van der Waals surface area contributed by atoms with E-state index in [1.807, 2.05) is 0 Å². The quantitative estimate of drug-likeness (QED) is 0.387. The maximum Gasteiger partial charge on any atom is 0.355 e. The molecule has 0 saturated heterocycles. The molecule has 0 radical (unpaired) electrons. The van der Waals surface area contributed by atoms with Crippen LogP contribution in [0.2, 0.25) is 0 Å². The molecule has 7 nitrogen and oxygen atoms in total. The van der Waals surface area contributed by atoms with Gasteiger partial charge in [0, 0.05) is 6.54 Å². The fraction of sp³-hybridized carbons (Fsp3) is 0.500. The highest BCUT2D eigenvalue weighted by Crippen LogP contribution is 2.31. The summed E-state index contributed by atoms with van der Waals surface area (Å²) in [5.74, 6) is -9.65. The summed E-state index contributed by atoms with van der Waals surface area (Å²) in [7, 11) is 0. The zero-order valence-electron chi connectivity index (χ0n) is 16.0. The summed E-state index contributed by atoms with van der Waals surface area (Å²) in [5.41, 5.74) is 0.474. The molecule has 3 amide bonds. The van der Waals surface area contributed by atoms with Gasteiger partial charge in [0.15, 0.2) is 0 Å². The van der Waals surface area contributed by atoms with Gasteiger partial charge >= 0.3 is 12.3 Å². The van der Waals surface area contributed by atoms with Crippen molar-refractivity contribution >= 4 is 23.4 Å². The maximum absolute atomic E-state index is 13.4. The molecule has 30 heavy (non-hydrogen) atoms. The molecule has 3 unspecified atom stereocenters. The number of hydrogen-bond acceptors (Lipinski definition) is 4. The molecule has 12 heteroatoms. The summed E-state index contributed by atoms with van der Waals surface area (Å²) in [5, 5.41) is 3.30. The van der Waals surface area contributed by atoms with Crippen LogP contribution in [0.1, 0.15) is 13.8 Å². The fourth-order valence-corrected chi connectivity index (χ4v) is 2.66. The zero-order chi connectivity index (χ0) is 22.6. The molecular formula is C18H20F5N3O4. The van der Waals surface area contributed by atoms with Crippen molar-refractivity contribution in [2.24, 2.45) is 5.92 Å². The number of ether oxygens (including phenoxy) is 1. The molecule has 1 aliphatic rings. The second kappa shape index (κ2) is 9.26. The number of anilines is 1. The molecule has 0 spiro atoms. The third kappa shape index (κ3) is 4.79. The first-order valence-corrected chi connectivity index (χ1v) is 8.94. The van der Waals surface area contributed by atoms with Gasteiger partial charge in [0.05, 0.1) is 5.69 Å². The molecule has 2 N–H and O–H groups in total. The number of nitrogens with one attached hydrogen (secondary N) is 2. The molecule has 0 fully saturated rings. The Labute approximate surface area is 168 Å². The van der Waals surface area contributed by atoms with Crippen molar-refractivity contribution in [2.45, 2.75) is 38.5 Å². The molecule has 1 aromatic carbocycles. The second-order valence-electron chi connectivity index (χ2n) is 6.49. The number of nitrogens with zero attached hydrogens (tertiary/aromatic N) is 1. The van der Waals surface area contributed by atoms with E-state index in [-0.39, 0.29) is 13.2 Å². The lowest BCUT2D eigenvalue weighted by Crippen LogP contribution is -2.55. The SMILES string of the molecule is CCN1C(=O)C(NC(=O)C(C)C(=O)NC(F)C(F)(F)C(F)F)COc2ccccc21. The molecule has 1 aliphatic heterocycles. The molecule has 0 saturated carbocycles. The standard InChI is InChI=1S/C18H20F5N3O4/c1-3-26-11-6-4-5-7-12(11)30-8-10(15(26)29)24-13(27)9(2)14(28)25-17(21)18(22,23)16(19)20/h4-7,9-10,16-17H,3,8H2,1-2H3,(H,24,27)(H,25,28). The molecular weight excluding hydrogens is 417 g/mol. The van der Waals surface area contributed by atoms with Crippen LogP contribution in [0.4, 0.5) is 27.6 Å². The maximum atomic E-state index is 13.4. The van der Waals surface area contributed by atoms with Gasteiger partial charge in [0.1, 0.15) is 24.3 Å². The van der Waals surface area contributed by atoms with Crippen LogP contribution in [0, 0.1) is 5.92 Å². The van der Waals surface area contributed by atoms with Gasteiger partial charge in [-0.25, -0.2) is 13.2 Å². The van der Waals surface area contributed by atoms with Crippen LogP contribution in [0.25, 0.3) is 0 Å². The Balaban J connectivity index is 2.06. The van der Waals surface area contributed by atoms with Crippen molar-refractivity contribution in [3.8, 4) is 5.75 Å². The number of likely N-dealkylation sites (N-methyl/N-ethyl adjacent to an activating group) is 1. The van der Waals surface area contributed by atoms with E-state index in [1.54, 1.807) is 31.2 Å². The number of halogens is 5. The third-order valence-electron chi connectivity index (χ3n) is 4.44. The summed E-state index contributed by atoms with van der Waals surface area (Å²) in [6.45, 7) is 2.61. The molecule has 0 bridgehead atoms. The number of amides is 3. The molecule has 2 rings (SSSR count). The van der Waals surface area contributed by atoms with E-state index < -0.39 is 48.3 Å². The number of para-hydroxylation sites is 2. The summed E-state index contributed by atoms with van der Waals surface area (Å²) < 4.78 is 69.1. The highest BCUT2D eigenvalue weighted by Gasteiger charge is 2.51. The summed E-state index contributed by atoms with van der Waals surface area (Å²) in [6.07, 6.45) is -8.03. The summed E-state index contributed by atoms with van der Waals surface area (Å²) >= 11 is 0. The molecule has 0 aromatic heterocycles. The van der Waals surface area contributed by atoms with E-state index >= 15 is 0 Å². The van der Waals surface area contributed by atoms with Crippen LogP contribution in [-0.4, -0.2) is 55.6 Å². The predicted octanol–water partition coefficient (Wildman–Crippen LogP) is 1.86. The minimum atomic E-state index is -5.12. The van der Waals surface area contributed by atoms with Crippen molar-refractivity contribution in [3.05, 3.63) is 24.3 Å². The number of hydrogen-bond donors (Lipinski definition) is 2. The predicted molar refractivity (Wildman–Crippen MR) is 95.0 cm³/mol. The third-order valence-corrected chi connectivity index (χ3v) is 4.44. The van der Waals surface area contributed by atoms with Gasteiger partial charge in [0.2, 0.25) is 18.1 Å². The Morgan fingerprint density at radius 3 is 2.47 bits per heavy atom. The Kier molecular flexibility index (Phi) is 7.21. The lowest BCUT2D eigenvalue weighted by Gasteiger charge is -2.25. The van der Waals surface area contributed by atoms with Crippen LogP contribution >= 0.6 is 0 Å². The molecule has 1 aromatic rings. The smallest absolute Gasteiger partial charge is 0.355 e. The van der Waals surface area contributed by atoms with Crippen molar-refractivity contribution in [3.63, 3.8) is 0 Å². The number of fused-ring (bicyclic) bond motifs is 1. The van der Waals surface area contributed by atoms with Gasteiger partial charge in [-0.05, 0) is 26.0 Å². The van der Waals surface area contributed by atoms with Gasteiger partial charge < -0.3 is 20.3 Å². The average Bonchev–Trinajstić information content (AvgIpc) is 2.83. The van der Waals surface area contributed by atoms with Crippen LogP contribution in [0.15, 0.2) is 24.3 Å². The first-order chi connectivity index (χ1) is 14.0. The van der Waals surface area contributed by atoms with Gasteiger partial charge in [-0.1, -0.05) is 12.1 Å². The van der Waals surface area contributed by atoms with Gasteiger partial charge in [-0.3, -0.25) is 14.4 Å². The van der Waals surface area contributed by atoms with E-state index in [4.69, 9.17) is 4.74 Å². The number of carbonyl (C=O) groups is 3. The van der Waals surface area contributed by atoms with E-state index in [0.29, 0.717) is 11.4 Å². The lowest BCUT2D eigenvalue weighted by molar-refractivity contribution is -0.181. The Bertz CT molecular complexity index is 808. The monoisotopic (exact) mass is 437 g/mol. The largest absolute Gasteiger partial charge is 0.489 e. The normalized spacial score (nSPS) is 18.7. The molecule has 0 aliphatic carbocycles. The number of rotatable bonds is 7. The zero-order valence-corrected chi connectivity index (χ0v) is 16.0. The van der Waals surface area contributed by atoms with Crippen LogP contribution in [-0.2, 0) is 14.4 Å². The van der Waals surface area contributed by atoms with Gasteiger partial charge in [-0.2, -0.15) is 8.78 Å². The van der Waals surface area contributed by atoms with Crippen molar-refractivity contribution < 1.29 is 41.1 Å². The summed E-state index contributed by atoms with van der Waals surface area (Å²) in [4.78, 5) is 38.2. The highest BCUT2D eigenvalue weighted by atomic mass is 19.3. The van der Waals surface area contributed by atoms with E-state index in [2.05, 4.69) is 5.32 Å². The van der Waals surface area contributed by atoms with E-state index in [9.17, 15) is 36.3 Å². The number of alkyl halides is 5. The molecule has 166 valence electrons. The van der Waals surface area contributed by atoms with Crippen LogP contribution in [0.3, 0.4) is 0 Å². The second-order valence-corrected chi connectivity index (χ2v) is 6.49. The number of carbonyl (C=O) groups excluding carboxylic acids is 3. The molecule has 3 atom stereocenters. The number of benzene rings is 1. The Morgan fingerprint density at radius 1 is 1.23 bits per heavy atom. The highest BCUT2D eigenvalue weighted by molar-refractivity contribution is 6.04. The van der Waals surface area contributed by atoms with Crippen molar-refractivity contribution in [1.82, 2.24) is 10.6 Å². The van der Waals surface area contributed by atoms with E-state index in [0.717, 1.165) is 12.2 Å². The average molecular weight is 437 g/mol. The van der Waals surface area contributed by atoms with Crippen molar-refractivity contribution in [1.29, 1.82) is 0 Å². The minimum Gasteiger partial charge on any atom is -0.489 e. The van der Waals surface area contributed by atoms with Gasteiger partial charge in [-0.15, -0.1) is 0 Å².